The van der Waals surface area contributed by atoms with E-state index in [0.717, 1.165) is 12.7 Å². The van der Waals surface area contributed by atoms with Gasteiger partial charge < -0.3 is 4.74 Å². The molecular formula is C3H5O5S. The van der Waals surface area contributed by atoms with E-state index in [1.54, 1.807) is 0 Å². The van der Waals surface area contributed by atoms with Crippen LogP contribution in [0.15, 0.2) is 0 Å². The van der Waals surface area contributed by atoms with Gasteiger partial charge in [-0.1, -0.05) is 0 Å². The summed E-state index contributed by atoms with van der Waals surface area (Å²) in [6, 6.07) is 0. The fourth-order valence-electron chi connectivity index (χ4n) is 0.136. The standard InChI is InChI=1S/C3H5O5S/c1-9(5,6)8-3-7-2-4/h3H2,1H3. The van der Waals surface area contributed by atoms with Gasteiger partial charge in [-0.3, -0.25) is 0 Å². The molecular weight excluding hydrogens is 148 g/mol. The quantitative estimate of drug-likeness (QED) is 0.294. The maximum Gasteiger partial charge on any atom is 0.419 e. The van der Waals surface area contributed by atoms with Gasteiger partial charge in [-0.05, 0) is 0 Å². The Hall–Kier alpha value is -0.620. The van der Waals surface area contributed by atoms with Crippen molar-refractivity contribution in [2.45, 2.75) is 0 Å². The molecule has 0 aromatic carbocycles. The van der Waals surface area contributed by atoms with E-state index in [4.69, 9.17) is 0 Å². The molecule has 0 fully saturated rings. The fourth-order valence-corrected chi connectivity index (χ4v) is 0.358. The molecule has 0 bridgehead atoms. The number of ether oxygens (including phenoxy) is 1. The first-order chi connectivity index (χ1) is 4.06. The maximum atomic E-state index is 10.1. The van der Waals surface area contributed by atoms with E-state index in [-0.39, 0.29) is 0 Å². The molecule has 6 heteroatoms. The lowest BCUT2D eigenvalue weighted by Crippen LogP contribution is -2.05. The zero-order valence-corrected chi connectivity index (χ0v) is 5.47. The van der Waals surface area contributed by atoms with Crippen molar-refractivity contribution in [3.8, 4) is 0 Å². The monoisotopic (exact) mass is 153 g/mol. The van der Waals surface area contributed by atoms with E-state index in [9.17, 15) is 13.2 Å². The Kier molecular flexibility index (Phi) is 3.18. The first-order valence-electron chi connectivity index (χ1n) is 1.89. The third-order valence-corrected chi connectivity index (χ3v) is 0.904. The number of carbonyl (C=O) groups excluding carboxylic acids is 1. The van der Waals surface area contributed by atoms with Gasteiger partial charge in [-0.25, -0.2) is 8.98 Å². The zero-order valence-electron chi connectivity index (χ0n) is 4.66. The summed E-state index contributed by atoms with van der Waals surface area (Å²) in [5.41, 5.74) is 0. The summed E-state index contributed by atoms with van der Waals surface area (Å²) < 4.78 is 27.9. The number of hydrogen-bond donors (Lipinski definition) is 0. The fraction of sp³-hybridized carbons (Fsp3) is 0.667. The minimum absolute atomic E-state index is 0.609. The summed E-state index contributed by atoms with van der Waals surface area (Å²) in [6.45, 7) is 0.392. The second kappa shape index (κ2) is 3.41. The molecule has 0 atom stereocenters. The molecule has 0 saturated heterocycles. The second-order valence-electron chi connectivity index (χ2n) is 1.17. The van der Waals surface area contributed by atoms with Gasteiger partial charge in [0.25, 0.3) is 10.1 Å². The molecule has 0 aromatic rings. The van der Waals surface area contributed by atoms with Crippen LogP contribution in [-0.4, -0.2) is 27.9 Å². The van der Waals surface area contributed by atoms with Crippen molar-refractivity contribution >= 4 is 16.6 Å². The molecule has 0 aliphatic carbocycles. The lowest BCUT2D eigenvalue weighted by Gasteiger charge is -1.94. The van der Waals surface area contributed by atoms with Crippen molar-refractivity contribution in [1.29, 1.82) is 0 Å². The summed E-state index contributed by atoms with van der Waals surface area (Å²) in [7, 11) is -3.50. The van der Waals surface area contributed by atoms with Crippen LogP contribution in [-0.2, 0) is 23.8 Å². The third kappa shape index (κ3) is 7.38. The summed E-state index contributed by atoms with van der Waals surface area (Å²) in [5, 5.41) is 0. The first-order valence-corrected chi connectivity index (χ1v) is 3.71. The third-order valence-electron chi connectivity index (χ3n) is 0.380. The SMILES string of the molecule is CS(=O)(=O)OCO[C]=O. The van der Waals surface area contributed by atoms with Gasteiger partial charge in [-0.2, -0.15) is 8.42 Å². The minimum atomic E-state index is -3.50. The van der Waals surface area contributed by atoms with Crippen LogP contribution in [0, 0.1) is 0 Å². The van der Waals surface area contributed by atoms with E-state index in [1.807, 2.05) is 0 Å². The molecule has 0 saturated carbocycles. The van der Waals surface area contributed by atoms with Gasteiger partial charge >= 0.3 is 6.47 Å². The van der Waals surface area contributed by atoms with Crippen molar-refractivity contribution in [1.82, 2.24) is 0 Å². The van der Waals surface area contributed by atoms with E-state index in [2.05, 4.69) is 8.92 Å². The van der Waals surface area contributed by atoms with Gasteiger partial charge in [0.1, 0.15) is 0 Å². The van der Waals surface area contributed by atoms with Crippen LogP contribution in [0.4, 0.5) is 0 Å². The average Bonchev–Trinajstić information content (AvgIpc) is 1.63. The lowest BCUT2D eigenvalue weighted by molar-refractivity contribution is 0.111. The molecule has 0 heterocycles. The predicted molar refractivity (Wildman–Crippen MR) is 27.6 cm³/mol. The van der Waals surface area contributed by atoms with Crippen LogP contribution in [0.1, 0.15) is 0 Å². The highest BCUT2D eigenvalue weighted by Gasteiger charge is 1.99. The summed E-state index contributed by atoms with van der Waals surface area (Å²) in [4.78, 5) is 9.27. The Morgan fingerprint density at radius 3 is 2.44 bits per heavy atom. The van der Waals surface area contributed by atoms with Crippen LogP contribution < -0.4 is 0 Å². The highest BCUT2D eigenvalue weighted by atomic mass is 32.2. The zero-order chi connectivity index (χ0) is 7.33. The molecule has 1 radical (unpaired) electrons. The van der Waals surface area contributed by atoms with Crippen molar-refractivity contribution in [2.75, 3.05) is 13.0 Å². The molecule has 0 aliphatic heterocycles. The van der Waals surface area contributed by atoms with Gasteiger partial charge in [0.05, 0.1) is 6.26 Å². The first kappa shape index (κ1) is 8.38. The summed E-state index contributed by atoms with van der Waals surface area (Å²) in [5.74, 6) is 0. The average molecular weight is 153 g/mol. The molecule has 0 amide bonds. The highest BCUT2D eigenvalue weighted by molar-refractivity contribution is 7.85. The van der Waals surface area contributed by atoms with Crippen molar-refractivity contribution < 1.29 is 22.1 Å². The maximum absolute atomic E-state index is 10.1. The number of rotatable bonds is 4. The Morgan fingerprint density at radius 2 is 2.11 bits per heavy atom. The Morgan fingerprint density at radius 1 is 1.56 bits per heavy atom. The highest BCUT2D eigenvalue weighted by Crippen LogP contribution is 1.84. The molecule has 0 aliphatic rings. The Balaban J connectivity index is 3.40. The topological polar surface area (TPSA) is 69.7 Å². The lowest BCUT2D eigenvalue weighted by atomic mass is 11.4. The summed E-state index contributed by atoms with van der Waals surface area (Å²) >= 11 is 0. The van der Waals surface area contributed by atoms with Gasteiger partial charge in [0.2, 0.25) is 6.79 Å². The van der Waals surface area contributed by atoms with E-state index in [1.165, 1.54) is 0 Å². The van der Waals surface area contributed by atoms with Crippen molar-refractivity contribution in [3.63, 3.8) is 0 Å². The molecule has 53 valence electrons. The van der Waals surface area contributed by atoms with Crippen LogP contribution in [0.25, 0.3) is 0 Å². The van der Waals surface area contributed by atoms with E-state index >= 15 is 0 Å². The largest absolute Gasteiger partial charge is 0.429 e. The smallest absolute Gasteiger partial charge is 0.419 e. The van der Waals surface area contributed by atoms with Crippen molar-refractivity contribution in [2.24, 2.45) is 0 Å². The van der Waals surface area contributed by atoms with Crippen LogP contribution in [0.5, 0.6) is 0 Å². The molecule has 0 N–H and O–H groups in total. The van der Waals surface area contributed by atoms with Gasteiger partial charge in [0.15, 0.2) is 0 Å². The number of hydrogen-bond acceptors (Lipinski definition) is 5. The van der Waals surface area contributed by atoms with E-state index < -0.39 is 16.9 Å². The minimum Gasteiger partial charge on any atom is -0.429 e. The Labute approximate surface area is 52.7 Å². The van der Waals surface area contributed by atoms with E-state index in [0.29, 0.717) is 0 Å². The second-order valence-corrected chi connectivity index (χ2v) is 2.81. The van der Waals surface area contributed by atoms with Crippen LogP contribution in [0.3, 0.4) is 0 Å². The molecule has 5 nitrogen and oxygen atoms in total. The van der Waals surface area contributed by atoms with Gasteiger partial charge in [0, 0.05) is 0 Å². The molecule has 0 unspecified atom stereocenters. The molecule has 9 heavy (non-hydrogen) atoms. The predicted octanol–water partition coefficient (Wildman–Crippen LogP) is -0.996. The van der Waals surface area contributed by atoms with Crippen LogP contribution in [0.2, 0.25) is 0 Å². The molecule has 0 aromatic heterocycles. The van der Waals surface area contributed by atoms with Crippen molar-refractivity contribution in [3.05, 3.63) is 0 Å². The Bertz CT molecular complexity index is 169. The molecule has 0 rings (SSSR count). The molecule has 0 spiro atoms. The van der Waals surface area contributed by atoms with Crippen LogP contribution >= 0.6 is 0 Å². The summed E-state index contributed by atoms with van der Waals surface area (Å²) in [6.07, 6.45) is 0.848. The van der Waals surface area contributed by atoms with Gasteiger partial charge in [-0.15, -0.1) is 0 Å². The normalized spacial score (nSPS) is 10.8.